The number of nitrogens with one attached hydrogen (secondary N) is 2. The molecule has 1 aliphatic heterocycles. The quantitative estimate of drug-likeness (QED) is 0.567. The van der Waals surface area contributed by atoms with Crippen LogP contribution in [0.3, 0.4) is 0 Å². The third-order valence-corrected chi connectivity index (χ3v) is 4.12. The van der Waals surface area contributed by atoms with Gasteiger partial charge in [0.25, 0.3) is 0 Å². The fourth-order valence-corrected chi connectivity index (χ4v) is 2.87. The van der Waals surface area contributed by atoms with Crippen LogP contribution in [0, 0.1) is 17.5 Å². The van der Waals surface area contributed by atoms with Gasteiger partial charge in [-0.25, -0.2) is 18.0 Å². The van der Waals surface area contributed by atoms with E-state index in [1.165, 1.54) is 12.1 Å². The third-order valence-electron chi connectivity index (χ3n) is 4.12. The molecule has 0 spiro atoms. The number of anilines is 2. The summed E-state index contributed by atoms with van der Waals surface area (Å²) in [6, 6.07) is 3.88. The van der Waals surface area contributed by atoms with Crippen molar-refractivity contribution in [2.45, 2.75) is 18.8 Å². The van der Waals surface area contributed by atoms with Gasteiger partial charge in [0, 0.05) is 36.1 Å². The molecule has 1 heterocycles. The number of halogens is 6. The van der Waals surface area contributed by atoms with Crippen molar-refractivity contribution in [3.8, 4) is 5.75 Å². The summed E-state index contributed by atoms with van der Waals surface area (Å²) in [5, 5.41) is 4.37. The number of carbonyl (C=O) groups excluding carboxylic acids is 2. The lowest BCUT2D eigenvalue weighted by atomic mass is 10.2. The molecule has 3 amide bonds. The molecule has 6 nitrogen and oxygen atoms in total. The number of amides is 3. The summed E-state index contributed by atoms with van der Waals surface area (Å²) in [6.07, 6.45) is -4.77. The highest BCUT2D eigenvalue weighted by atomic mass is 19.4. The van der Waals surface area contributed by atoms with E-state index < -0.39 is 47.5 Å². The number of carbonyl (C=O) groups is 2. The zero-order valence-electron chi connectivity index (χ0n) is 14.9. The van der Waals surface area contributed by atoms with Gasteiger partial charge in [0.2, 0.25) is 5.91 Å². The minimum atomic E-state index is -4.89. The normalized spacial score (nSPS) is 16.5. The van der Waals surface area contributed by atoms with Crippen LogP contribution in [-0.4, -0.2) is 30.9 Å². The summed E-state index contributed by atoms with van der Waals surface area (Å²) >= 11 is 0. The van der Waals surface area contributed by atoms with Gasteiger partial charge in [0.15, 0.2) is 17.5 Å². The van der Waals surface area contributed by atoms with Crippen molar-refractivity contribution in [1.82, 2.24) is 5.32 Å². The van der Waals surface area contributed by atoms with E-state index in [0.29, 0.717) is 12.1 Å². The molecule has 30 heavy (non-hydrogen) atoms. The monoisotopic (exact) mass is 433 g/mol. The van der Waals surface area contributed by atoms with Gasteiger partial charge < -0.3 is 20.3 Å². The molecule has 1 aliphatic rings. The minimum Gasteiger partial charge on any atom is -0.406 e. The van der Waals surface area contributed by atoms with Gasteiger partial charge in [-0.05, 0) is 18.6 Å². The Kier molecular flexibility index (Phi) is 5.76. The molecule has 2 N–H and O–H groups in total. The number of alkyl halides is 3. The van der Waals surface area contributed by atoms with Crippen molar-refractivity contribution < 1.29 is 40.7 Å². The van der Waals surface area contributed by atoms with Crippen LogP contribution in [-0.2, 0) is 4.79 Å². The van der Waals surface area contributed by atoms with Gasteiger partial charge >= 0.3 is 12.4 Å². The van der Waals surface area contributed by atoms with Crippen molar-refractivity contribution in [1.29, 1.82) is 0 Å². The second kappa shape index (κ2) is 8.13. The predicted octanol–water partition coefficient (Wildman–Crippen LogP) is 3.93. The Bertz CT molecular complexity index is 959. The minimum absolute atomic E-state index is 0.0963. The molecule has 2 aromatic carbocycles. The van der Waals surface area contributed by atoms with Crippen LogP contribution < -0.4 is 20.3 Å². The molecule has 1 saturated heterocycles. The number of benzene rings is 2. The molecule has 12 heteroatoms. The average Bonchev–Trinajstić information content (AvgIpc) is 2.99. The van der Waals surface area contributed by atoms with Gasteiger partial charge in [-0.1, -0.05) is 6.07 Å². The highest BCUT2D eigenvalue weighted by molar-refractivity contribution is 6.02. The summed E-state index contributed by atoms with van der Waals surface area (Å²) in [6.45, 7) is 0.0963. The fourth-order valence-electron chi connectivity index (χ4n) is 2.87. The Morgan fingerprint density at radius 2 is 1.77 bits per heavy atom. The zero-order valence-corrected chi connectivity index (χ0v) is 14.9. The van der Waals surface area contributed by atoms with E-state index in [-0.39, 0.29) is 24.3 Å². The Morgan fingerprint density at radius 1 is 1.10 bits per heavy atom. The average molecular weight is 433 g/mol. The molecule has 2 aromatic rings. The molecule has 0 radical (unpaired) electrons. The van der Waals surface area contributed by atoms with E-state index in [1.807, 2.05) is 0 Å². The Labute approximate surface area is 165 Å². The van der Waals surface area contributed by atoms with E-state index in [2.05, 4.69) is 15.4 Å². The molecule has 1 atom stereocenters. The first-order chi connectivity index (χ1) is 14.0. The second-order valence-corrected chi connectivity index (χ2v) is 6.23. The number of nitrogens with zero attached hydrogens (tertiary/aromatic N) is 1. The van der Waals surface area contributed by atoms with E-state index in [9.17, 15) is 35.9 Å². The predicted molar refractivity (Wildman–Crippen MR) is 92.4 cm³/mol. The van der Waals surface area contributed by atoms with E-state index in [0.717, 1.165) is 17.0 Å². The molecular weight excluding hydrogens is 420 g/mol. The molecule has 3 rings (SSSR count). The molecule has 160 valence electrons. The van der Waals surface area contributed by atoms with Crippen LogP contribution >= 0.6 is 0 Å². The standard InChI is InChI=1S/C18H13F6N3O3/c19-12-6-9(7-13(20)15(12)21)25-17(29)26-14-4-5-27(16(14)28)10-2-1-3-11(8-10)30-18(22,23)24/h1-3,6-8,14H,4-5H2,(H2,25,26,29). The van der Waals surface area contributed by atoms with Gasteiger partial charge in [0.05, 0.1) is 0 Å². The summed E-state index contributed by atoms with van der Waals surface area (Å²) in [5.41, 5.74) is -0.239. The number of hydrogen-bond acceptors (Lipinski definition) is 3. The van der Waals surface area contributed by atoms with E-state index >= 15 is 0 Å². The second-order valence-electron chi connectivity index (χ2n) is 6.23. The summed E-state index contributed by atoms with van der Waals surface area (Å²) < 4.78 is 80.3. The lowest BCUT2D eigenvalue weighted by Crippen LogP contribution is -2.43. The lowest BCUT2D eigenvalue weighted by Gasteiger charge is -2.18. The van der Waals surface area contributed by atoms with Crippen molar-refractivity contribution in [3.05, 3.63) is 53.8 Å². The third kappa shape index (κ3) is 4.93. The van der Waals surface area contributed by atoms with Crippen molar-refractivity contribution >= 4 is 23.3 Å². The number of rotatable bonds is 4. The molecule has 1 fully saturated rings. The largest absolute Gasteiger partial charge is 0.573 e. The van der Waals surface area contributed by atoms with Gasteiger partial charge in [-0.2, -0.15) is 0 Å². The van der Waals surface area contributed by atoms with Crippen molar-refractivity contribution in [2.75, 3.05) is 16.8 Å². The zero-order chi connectivity index (χ0) is 22.1. The van der Waals surface area contributed by atoms with Crippen LogP contribution in [0.5, 0.6) is 5.75 Å². The molecule has 0 saturated carbocycles. The first-order valence-corrected chi connectivity index (χ1v) is 8.43. The summed E-state index contributed by atoms with van der Waals surface area (Å²) in [7, 11) is 0. The Balaban J connectivity index is 1.64. The smallest absolute Gasteiger partial charge is 0.406 e. The van der Waals surface area contributed by atoms with Crippen molar-refractivity contribution in [2.24, 2.45) is 0 Å². The Morgan fingerprint density at radius 3 is 2.40 bits per heavy atom. The molecule has 1 unspecified atom stereocenters. The molecule has 0 bridgehead atoms. The van der Waals surface area contributed by atoms with Gasteiger partial charge in [0.1, 0.15) is 11.8 Å². The Hall–Kier alpha value is -3.44. The SMILES string of the molecule is O=C(Nc1cc(F)c(F)c(F)c1)NC1CCN(c2cccc(OC(F)(F)F)c2)C1=O. The van der Waals surface area contributed by atoms with Crippen LogP contribution in [0.25, 0.3) is 0 Å². The highest BCUT2D eigenvalue weighted by Crippen LogP contribution is 2.29. The van der Waals surface area contributed by atoms with Gasteiger partial charge in [-0.15, -0.1) is 13.2 Å². The molecule has 0 aromatic heterocycles. The number of urea groups is 1. The first-order valence-electron chi connectivity index (χ1n) is 8.43. The number of ether oxygens (including phenoxy) is 1. The fraction of sp³-hybridized carbons (Fsp3) is 0.222. The number of hydrogen-bond donors (Lipinski definition) is 2. The van der Waals surface area contributed by atoms with Gasteiger partial charge in [-0.3, -0.25) is 4.79 Å². The van der Waals surface area contributed by atoms with E-state index in [4.69, 9.17) is 0 Å². The summed E-state index contributed by atoms with van der Waals surface area (Å²) in [5.74, 6) is -5.82. The maximum absolute atomic E-state index is 13.2. The lowest BCUT2D eigenvalue weighted by molar-refractivity contribution is -0.274. The van der Waals surface area contributed by atoms with Crippen LogP contribution in [0.4, 0.5) is 42.5 Å². The first kappa shape index (κ1) is 21.3. The van der Waals surface area contributed by atoms with E-state index in [1.54, 1.807) is 0 Å². The highest BCUT2D eigenvalue weighted by Gasteiger charge is 2.35. The van der Waals surface area contributed by atoms with Crippen LogP contribution in [0.1, 0.15) is 6.42 Å². The maximum Gasteiger partial charge on any atom is 0.573 e. The molecule has 0 aliphatic carbocycles. The maximum atomic E-state index is 13.2. The van der Waals surface area contributed by atoms with Crippen molar-refractivity contribution in [3.63, 3.8) is 0 Å². The topological polar surface area (TPSA) is 70.7 Å². The van der Waals surface area contributed by atoms with Crippen LogP contribution in [0.15, 0.2) is 36.4 Å². The van der Waals surface area contributed by atoms with Crippen LogP contribution in [0.2, 0.25) is 0 Å². The molecular formula is C18H13F6N3O3. The summed E-state index contributed by atoms with van der Waals surface area (Å²) in [4.78, 5) is 25.7.